The van der Waals surface area contributed by atoms with Gasteiger partial charge in [0.05, 0.1) is 12.2 Å². The van der Waals surface area contributed by atoms with Crippen molar-refractivity contribution in [1.82, 2.24) is 15.6 Å². The number of rotatable bonds is 10. The van der Waals surface area contributed by atoms with Crippen LogP contribution < -0.4 is 15.4 Å². The number of aromatic amines is 1. The molecule has 0 unspecified atom stereocenters. The summed E-state index contributed by atoms with van der Waals surface area (Å²) in [6.07, 6.45) is 3.74. The van der Waals surface area contributed by atoms with E-state index in [0.717, 1.165) is 11.9 Å². The molecule has 6 nitrogen and oxygen atoms in total. The van der Waals surface area contributed by atoms with Crippen molar-refractivity contribution in [3.8, 4) is 5.75 Å². The van der Waals surface area contributed by atoms with Gasteiger partial charge in [-0.3, -0.25) is 9.59 Å². The first kappa shape index (κ1) is 21.4. The molecule has 0 saturated carbocycles. The van der Waals surface area contributed by atoms with Crippen LogP contribution in [0, 0.1) is 6.92 Å². The Morgan fingerprint density at radius 2 is 1.90 bits per heavy atom. The van der Waals surface area contributed by atoms with Gasteiger partial charge >= 0.3 is 0 Å². The van der Waals surface area contributed by atoms with Crippen molar-refractivity contribution in [3.05, 3.63) is 65.4 Å². The van der Waals surface area contributed by atoms with Crippen molar-refractivity contribution in [2.45, 2.75) is 33.1 Å². The number of carbonyl (C=O) groups excluding carboxylic acids is 2. The smallest absolute Gasteiger partial charge is 0.255 e. The van der Waals surface area contributed by atoms with Gasteiger partial charge in [0, 0.05) is 36.6 Å². The molecular formula is C24H29N3O3. The van der Waals surface area contributed by atoms with Crippen molar-refractivity contribution in [3.63, 3.8) is 0 Å². The van der Waals surface area contributed by atoms with E-state index in [4.69, 9.17) is 4.74 Å². The molecule has 0 radical (unpaired) electrons. The van der Waals surface area contributed by atoms with E-state index in [2.05, 4.69) is 40.7 Å². The number of H-pyrrole nitrogens is 1. The summed E-state index contributed by atoms with van der Waals surface area (Å²) in [6.45, 7) is 5.48. The van der Waals surface area contributed by atoms with E-state index in [1.54, 1.807) is 18.2 Å². The second kappa shape index (κ2) is 10.5. The van der Waals surface area contributed by atoms with Gasteiger partial charge in [-0.05, 0) is 56.0 Å². The highest BCUT2D eigenvalue weighted by Crippen LogP contribution is 2.20. The molecule has 3 rings (SSSR count). The quantitative estimate of drug-likeness (QED) is 0.448. The molecule has 0 aliphatic carbocycles. The normalized spacial score (nSPS) is 10.7. The lowest BCUT2D eigenvalue weighted by Crippen LogP contribution is -2.28. The van der Waals surface area contributed by atoms with Crippen molar-refractivity contribution < 1.29 is 14.3 Å². The van der Waals surface area contributed by atoms with Gasteiger partial charge in [-0.2, -0.15) is 0 Å². The number of benzene rings is 2. The maximum atomic E-state index is 12.3. The Kier molecular flexibility index (Phi) is 7.49. The molecule has 158 valence electrons. The van der Waals surface area contributed by atoms with Gasteiger partial charge in [0.2, 0.25) is 5.91 Å². The molecule has 0 bridgehead atoms. The SMILES string of the molecule is CCOc1ccccc1C(=O)NCCCC(=O)NCCc1c[nH]c2cc(C)ccc12. The van der Waals surface area contributed by atoms with Crippen molar-refractivity contribution in [2.75, 3.05) is 19.7 Å². The number of aromatic nitrogens is 1. The van der Waals surface area contributed by atoms with Crippen LogP contribution in [0.25, 0.3) is 10.9 Å². The fourth-order valence-electron chi connectivity index (χ4n) is 3.41. The second-order valence-corrected chi connectivity index (χ2v) is 7.25. The number of hydrogen-bond donors (Lipinski definition) is 3. The summed E-state index contributed by atoms with van der Waals surface area (Å²) in [6, 6.07) is 13.5. The van der Waals surface area contributed by atoms with Gasteiger partial charge in [0.1, 0.15) is 5.75 Å². The summed E-state index contributed by atoms with van der Waals surface area (Å²) in [5.41, 5.74) is 4.05. The van der Waals surface area contributed by atoms with E-state index in [0.29, 0.717) is 43.9 Å². The monoisotopic (exact) mass is 407 g/mol. The van der Waals surface area contributed by atoms with Crippen molar-refractivity contribution in [1.29, 1.82) is 0 Å². The predicted octanol–water partition coefficient (Wildman–Crippen LogP) is 3.74. The van der Waals surface area contributed by atoms with Crippen LogP contribution in [0.1, 0.15) is 41.3 Å². The maximum Gasteiger partial charge on any atom is 0.255 e. The van der Waals surface area contributed by atoms with Gasteiger partial charge in [-0.15, -0.1) is 0 Å². The number of aryl methyl sites for hydroxylation is 1. The standard InChI is InChI=1S/C24H29N3O3/c1-3-30-22-8-5-4-7-20(22)24(29)26-13-6-9-23(28)25-14-12-18-16-27-21-15-17(2)10-11-19(18)21/h4-5,7-8,10-11,15-16,27H,3,6,9,12-14H2,1-2H3,(H,25,28)(H,26,29). The number of fused-ring (bicyclic) bond motifs is 1. The van der Waals surface area contributed by atoms with Gasteiger partial charge in [0.15, 0.2) is 0 Å². The number of ether oxygens (including phenoxy) is 1. The van der Waals surface area contributed by atoms with Crippen LogP contribution in [-0.2, 0) is 11.2 Å². The van der Waals surface area contributed by atoms with Gasteiger partial charge < -0.3 is 20.4 Å². The summed E-state index contributed by atoms with van der Waals surface area (Å²) in [4.78, 5) is 27.7. The van der Waals surface area contributed by atoms with E-state index in [-0.39, 0.29) is 11.8 Å². The molecule has 0 aliphatic heterocycles. The molecule has 6 heteroatoms. The number of nitrogens with one attached hydrogen (secondary N) is 3. The fourth-order valence-corrected chi connectivity index (χ4v) is 3.41. The van der Waals surface area contributed by atoms with Gasteiger partial charge in [-0.1, -0.05) is 24.3 Å². The Morgan fingerprint density at radius 1 is 1.07 bits per heavy atom. The van der Waals surface area contributed by atoms with E-state index in [1.165, 1.54) is 16.5 Å². The van der Waals surface area contributed by atoms with E-state index < -0.39 is 0 Å². The van der Waals surface area contributed by atoms with Crippen LogP contribution in [0.4, 0.5) is 0 Å². The molecule has 2 amide bonds. The van der Waals surface area contributed by atoms with Crippen LogP contribution in [0.15, 0.2) is 48.7 Å². The minimum Gasteiger partial charge on any atom is -0.493 e. The molecule has 0 atom stereocenters. The first-order valence-electron chi connectivity index (χ1n) is 10.4. The van der Waals surface area contributed by atoms with Crippen LogP contribution in [-0.4, -0.2) is 36.5 Å². The Morgan fingerprint density at radius 3 is 2.73 bits per heavy atom. The van der Waals surface area contributed by atoms with E-state index in [9.17, 15) is 9.59 Å². The first-order valence-corrected chi connectivity index (χ1v) is 10.4. The molecule has 3 aromatic rings. The molecule has 3 N–H and O–H groups in total. The summed E-state index contributed by atoms with van der Waals surface area (Å²) in [5, 5.41) is 7.01. The molecule has 1 heterocycles. The topological polar surface area (TPSA) is 83.2 Å². The minimum atomic E-state index is -0.186. The lowest BCUT2D eigenvalue weighted by Gasteiger charge is -2.10. The highest BCUT2D eigenvalue weighted by molar-refractivity contribution is 5.96. The van der Waals surface area contributed by atoms with Crippen LogP contribution in [0.2, 0.25) is 0 Å². The predicted molar refractivity (Wildman–Crippen MR) is 119 cm³/mol. The van der Waals surface area contributed by atoms with Gasteiger partial charge in [0.25, 0.3) is 5.91 Å². The van der Waals surface area contributed by atoms with E-state index >= 15 is 0 Å². The summed E-state index contributed by atoms with van der Waals surface area (Å²) in [5.74, 6) is 0.381. The zero-order chi connectivity index (χ0) is 21.3. The maximum absolute atomic E-state index is 12.3. The molecule has 0 aliphatic rings. The van der Waals surface area contributed by atoms with Crippen LogP contribution >= 0.6 is 0 Å². The fraction of sp³-hybridized carbons (Fsp3) is 0.333. The third-order valence-corrected chi connectivity index (χ3v) is 4.94. The number of carbonyl (C=O) groups is 2. The van der Waals surface area contributed by atoms with Crippen LogP contribution in [0.3, 0.4) is 0 Å². The average molecular weight is 408 g/mol. The van der Waals surface area contributed by atoms with Crippen LogP contribution in [0.5, 0.6) is 5.75 Å². The minimum absolute atomic E-state index is 0.00495. The number of hydrogen-bond acceptors (Lipinski definition) is 3. The largest absolute Gasteiger partial charge is 0.493 e. The summed E-state index contributed by atoms with van der Waals surface area (Å²) >= 11 is 0. The lowest BCUT2D eigenvalue weighted by molar-refractivity contribution is -0.121. The molecule has 30 heavy (non-hydrogen) atoms. The molecule has 0 spiro atoms. The Bertz CT molecular complexity index is 1010. The number of amides is 2. The lowest BCUT2D eigenvalue weighted by atomic mass is 10.1. The molecule has 2 aromatic carbocycles. The zero-order valence-corrected chi connectivity index (χ0v) is 17.6. The Balaban J connectivity index is 1.36. The van der Waals surface area contributed by atoms with Crippen molar-refractivity contribution in [2.24, 2.45) is 0 Å². The van der Waals surface area contributed by atoms with Crippen molar-refractivity contribution >= 4 is 22.7 Å². The first-order chi connectivity index (χ1) is 14.6. The third kappa shape index (κ3) is 5.63. The summed E-state index contributed by atoms with van der Waals surface area (Å²) in [7, 11) is 0. The highest BCUT2D eigenvalue weighted by Gasteiger charge is 2.11. The molecule has 1 aromatic heterocycles. The van der Waals surface area contributed by atoms with Gasteiger partial charge in [-0.25, -0.2) is 0 Å². The average Bonchev–Trinajstić information content (AvgIpc) is 3.13. The summed E-state index contributed by atoms with van der Waals surface area (Å²) < 4.78 is 5.48. The molecular weight excluding hydrogens is 378 g/mol. The second-order valence-electron chi connectivity index (χ2n) is 7.25. The van der Waals surface area contributed by atoms with E-state index in [1.807, 2.05) is 19.2 Å². The Hall–Kier alpha value is -3.28. The molecule has 0 saturated heterocycles. The zero-order valence-electron chi connectivity index (χ0n) is 17.6. The Labute approximate surface area is 177 Å². The third-order valence-electron chi connectivity index (χ3n) is 4.94. The molecule has 0 fully saturated rings. The highest BCUT2D eigenvalue weighted by atomic mass is 16.5. The number of para-hydroxylation sites is 1.